The van der Waals surface area contributed by atoms with E-state index in [1.807, 2.05) is 5.41 Å². The molecule has 0 spiro atoms. The number of carbonyl (C=O) groups is 2. The molecule has 4 nitrogen and oxygen atoms in total. The van der Waals surface area contributed by atoms with Crippen LogP contribution in [0, 0.1) is 11.6 Å². The number of rotatable bonds is 2. The molecule has 0 amide bonds. The average molecular weight is 349 g/mol. The van der Waals surface area contributed by atoms with E-state index in [0.29, 0.717) is 17.0 Å². The Hall–Kier alpha value is -2.15. The Morgan fingerprint density at radius 1 is 1.46 bits per heavy atom. The minimum absolute atomic E-state index is 0.0423. The summed E-state index contributed by atoms with van der Waals surface area (Å²) in [4.78, 5) is 27.3. The second kappa shape index (κ2) is 5.17. The van der Waals surface area contributed by atoms with Crippen molar-refractivity contribution in [2.24, 2.45) is 0 Å². The van der Waals surface area contributed by atoms with Crippen molar-refractivity contribution in [3.05, 3.63) is 50.3 Å². The lowest BCUT2D eigenvalue weighted by atomic mass is 9.76. The van der Waals surface area contributed by atoms with Crippen LogP contribution < -0.4 is 4.90 Å². The Labute approximate surface area is 141 Å². The zero-order valence-electron chi connectivity index (χ0n) is 13.0. The number of hydrogen-bond donors (Lipinski definition) is 0. The number of ketones is 1. The van der Waals surface area contributed by atoms with E-state index in [9.17, 15) is 18.4 Å². The number of nitrogens with zero attached hydrogens (tertiary/aromatic N) is 1. The van der Waals surface area contributed by atoms with Gasteiger partial charge in [0.05, 0.1) is 12.3 Å². The van der Waals surface area contributed by atoms with Gasteiger partial charge >= 0.3 is 5.97 Å². The van der Waals surface area contributed by atoms with Crippen molar-refractivity contribution in [2.45, 2.75) is 12.8 Å². The number of Topliss-reactive ketones (excluding diaryl/α,β-unsaturated/α-hetero) is 1. The van der Waals surface area contributed by atoms with Gasteiger partial charge in [0.15, 0.2) is 11.6 Å². The topological polar surface area (TPSA) is 46.6 Å². The van der Waals surface area contributed by atoms with Gasteiger partial charge in [0.2, 0.25) is 5.78 Å². The third-order valence-electron chi connectivity index (χ3n) is 4.49. The van der Waals surface area contributed by atoms with Gasteiger partial charge in [0, 0.05) is 35.5 Å². The number of ether oxygens (including phenoxy) is 1. The number of benzene rings is 1. The third kappa shape index (κ3) is 1.84. The highest BCUT2D eigenvalue weighted by molar-refractivity contribution is 8.06. The second-order valence-electron chi connectivity index (χ2n) is 5.87. The van der Waals surface area contributed by atoms with Crippen LogP contribution in [0.3, 0.4) is 0 Å². The van der Waals surface area contributed by atoms with Gasteiger partial charge in [0.1, 0.15) is 5.57 Å². The molecule has 1 aliphatic carbocycles. The molecule has 0 bridgehead atoms. The van der Waals surface area contributed by atoms with E-state index in [1.54, 1.807) is 18.9 Å². The molecule has 0 saturated carbocycles. The largest absolute Gasteiger partial charge is 0.462 e. The molecular formula is C17H13F2NO3S. The van der Waals surface area contributed by atoms with E-state index in [4.69, 9.17) is 4.74 Å². The van der Waals surface area contributed by atoms with E-state index < -0.39 is 23.4 Å². The summed E-state index contributed by atoms with van der Waals surface area (Å²) in [7, 11) is 1.66. The lowest BCUT2D eigenvalue weighted by molar-refractivity contribution is -0.138. The van der Waals surface area contributed by atoms with E-state index in [2.05, 4.69) is 0 Å². The summed E-state index contributed by atoms with van der Waals surface area (Å²) in [6.45, 7) is 2.20. The predicted molar refractivity (Wildman–Crippen MR) is 86.0 cm³/mol. The molecule has 0 aromatic heterocycles. The van der Waals surface area contributed by atoms with Crippen molar-refractivity contribution >= 4 is 29.2 Å². The monoisotopic (exact) mass is 349 g/mol. The average Bonchev–Trinajstić information content (AvgIpc) is 2.93. The maximum Gasteiger partial charge on any atom is 0.343 e. The first-order chi connectivity index (χ1) is 11.5. The summed E-state index contributed by atoms with van der Waals surface area (Å²) in [6.07, 6.45) is 0. The highest BCUT2D eigenvalue weighted by Crippen LogP contribution is 2.57. The van der Waals surface area contributed by atoms with E-state index >= 15 is 0 Å². The molecule has 24 heavy (non-hydrogen) atoms. The Morgan fingerprint density at radius 2 is 2.21 bits per heavy atom. The fourth-order valence-electron chi connectivity index (χ4n) is 3.57. The Bertz CT molecular complexity index is 875. The smallest absolute Gasteiger partial charge is 0.343 e. The van der Waals surface area contributed by atoms with Crippen LogP contribution in [0.4, 0.5) is 14.5 Å². The maximum atomic E-state index is 14.4. The summed E-state index contributed by atoms with van der Waals surface area (Å²) < 4.78 is 33.4. The van der Waals surface area contributed by atoms with Crippen LogP contribution in [-0.4, -0.2) is 32.0 Å². The van der Waals surface area contributed by atoms with Crippen molar-refractivity contribution in [3.8, 4) is 0 Å². The third-order valence-corrected chi connectivity index (χ3v) is 5.61. The van der Waals surface area contributed by atoms with Crippen LogP contribution in [0.5, 0.6) is 0 Å². The molecule has 1 aromatic carbocycles. The number of esters is 1. The second-order valence-corrected chi connectivity index (χ2v) is 6.78. The SMILES string of the molecule is CCOC(=O)C1=C2SC=C3CN(C)c4c(F)c(F)cc(c4C32)C1=O. The zero-order valence-corrected chi connectivity index (χ0v) is 13.8. The number of hydrogen-bond acceptors (Lipinski definition) is 5. The fraction of sp³-hybridized carbons (Fsp3) is 0.294. The Balaban J connectivity index is 2.02. The zero-order chi connectivity index (χ0) is 17.2. The minimum atomic E-state index is -1.09. The first kappa shape index (κ1) is 15.4. The lowest BCUT2D eigenvalue weighted by Gasteiger charge is -2.37. The molecule has 4 rings (SSSR count). The lowest BCUT2D eigenvalue weighted by Crippen LogP contribution is -2.35. The Morgan fingerprint density at radius 3 is 2.92 bits per heavy atom. The highest BCUT2D eigenvalue weighted by atomic mass is 32.2. The van der Waals surface area contributed by atoms with Crippen LogP contribution >= 0.6 is 11.8 Å². The van der Waals surface area contributed by atoms with E-state index in [0.717, 1.165) is 11.6 Å². The summed E-state index contributed by atoms with van der Waals surface area (Å²) in [6, 6.07) is 0.895. The number of allylic oxidation sites excluding steroid dienone is 1. The van der Waals surface area contributed by atoms with Crippen molar-refractivity contribution in [2.75, 3.05) is 25.1 Å². The first-order valence-corrected chi connectivity index (χ1v) is 8.38. The number of likely N-dealkylation sites (N-methyl/N-ethyl adjacent to an activating group) is 1. The van der Waals surface area contributed by atoms with Crippen molar-refractivity contribution in [1.29, 1.82) is 0 Å². The molecule has 0 N–H and O–H groups in total. The van der Waals surface area contributed by atoms with Gasteiger partial charge in [0.25, 0.3) is 0 Å². The van der Waals surface area contributed by atoms with E-state index in [1.165, 1.54) is 11.8 Å². The quantitative estimate of drug-likeness (QED) is 0.606. The molecule has 1 atom stereocenters. The van der Waals surface area contributed by atoms with Crippen LogP contribution in [0.25, 0.3) is 0 Å². The number of halogens is 2. The maximum absolute atomic E-state index is 14.4. The summed E-state index contributed by atoms with van der Waals surface area (Å²) >= 11 is 1.29. The van der Waals surface area contributed by atoms with Gasteiger partial charge in [-0.3, -0.25) is 4.79 Å². The molecule has 0 fully saturated rings. The van der Waals surface area contributed by atoms with Gasteiger partial charge in [-0.05, 0) is 24.0 Å². The highest BCUT2D eigenvalue weighted by Gasteiger charge is 2.46. The van der Waals surface area contributed by atoms with Crippen molar-refractivity contribution in [3.63, 3.8) is 0 Å². The van der Waals surface area contributed by atoms with Crippen molar-refractivity contribution in [1.82, 2.24) is 0 Å². The van der Waals surface area contributed by atoms with Crippen LogP contribution in [-0.2, 0) is 9.53 Å². The Kier molecular flexibility index (Phi) is 3.32. The van der Waals surface area contributed by atoms with Crippen LogP contribution in [0.15, 0.2) is 27.5 Å². The van der Waals surface area contributed by atoms with Crippen LogP contribution in [0.2, 0.25) is 0 Å². The fourth-order valence-corrected chi connectivity index (χ4v) is 4.76. The van der Waals surface area contributed by atoms with Crippen molar-refractivity contribution < 1.29 is 23.1 Å². The number of carbonyl (C=O) groups excluding carboxylic acids is 2. The molecule has 0 saturated heterocycles. The molecule has 1 aromatic rings. The molecule has 2 heterocycles. The molecular weight excluding hydrogens is 336 g/mol. The number of thioether (sulfide) groups is 1. The normalized spacial score (nSPS) is 21.0. The molecule has 2 aliphatic heterocycles. The summed E-state index contributed by atoms with van der Waals surface area (Å²) in [5.41, 5.74) is 1.50. The summed E-state index contributed by atoms with van der Waals surface area (Å²) in [5.74, 6) is -3.74. The van der Waals surface area contributed by atoms with Gasteiger partial charge in [-0.25, -0.2) is 13.6 Å². The van der Waals surface area contributed by atoms with E-state index in [-0.39, 0.29) is 29.3 Å². The molecule has 0 radical (unpaired) electrons. The molecule has 3 aliphatic rings. The first-order valence-electron chi connectivity index (χ1n) is 7.50. The van der Waals surface area contributed by atoms with Gasteiger partial charge < -0.3 is 9.64 Å². The molecule has 1 unspecified atom stereocenters. The summed E-state index contributed by atoms with van der Waals surface area (Å²) in [5, 5.41) is 1.88. The number of anilines is 1. The molecule has 7 heteroatoms. The van der Waals surface area contributed by atoms with Gasteiger partial charge in [-0.15, -0.1) is 11.8 Å². The van der Waals surface area contributed by atoms with Gasteiger partial charge in [-0.1, -0.05) is 0 Å². The minimum Gasteiger partial charge on any atom is -0.462 e. The predicted octanol–water partition coefficient (Wildman–Crippen LogP) is 3.14. The van der Waals surface area contributed by atoms with Gasteiger partial charge in [-0.2, -0.15) is 0 Å². The molecule has 124 valence electrons. The van der Waals surface area contributed by atoms with Crippen LogP contribution in [0.1, 0.15) is 28.8 Å². The standard InChI is InChI=1S/C17H13F2NO3S/c1-3-23-17(22)12-15(21)8-4-9(18)13(19)14-11(8)10-7(5-20(14)2)6-24-16(10)12/h4,6,10H,3,5H2,1-2H3.